The van der Waals surface area contributed by atoms with Crippen molar-refractivity contribution in [3.05, 3.63) is 29.8 Å². The van der Waals surface area contributed by atoms with Gasteiger partial charge in [-0.25, -0.2) is 0 Å². The molecule has 3 nitrogen and oxygen atoms in total. The number of halogens is 1. The Labute approximate surface area is 106 Å². The van der Waals surface area contributed by atoms with E-state index < -0.39 is 0 Å². The number of benzene rings is 1. The van der Waals surface area contributed by atoms with E-state index in [4.69, 9.17) is 11.6 Å². The van der Waals surface area contributed by atoms with Crippen LogP contribution in [0.1, 0.15) is 18.4 Å². The minimum Gasteiger partial charge on any atom is -0.508 e. The van der Waals surface area contributed by atoms with Crippen LogP contribution in [0.15, 0.2) is 24.3 Å². The number of phenolic OH excluding ortho intramolecular Hbond substituents is 1. The van der Waals surface area contributed by atoms with E-state index in [0.717, 1.165) is 31.5 Å². The SMILES string of the molecule is O=C(Cc1cccc(O)c1)N1CCC(Cl)CC1. The molecular formula is C13H16ClNO2. The Balaban J connectivity index is 1.93. The maximum Gasteiger partial charge on any atom is 0.226 e. The average Bonchev–Trinajstić information content (AvgIpc) is 2.29. The number of nitrogens with zero attached hydrogens (tertiary/aromatic N) is 1. The van der Waals surface area contributed by atoms with Gasteiger partial charge in [-0.05, 0) is 30.5 Å². The molecule has 1 heterocycles. The zero-order chi connectivity index (χ0) is 12.3. The van der Waals surface area contributed by atoms with Crippen molar-refractivity contribution >= 4 is 17.5 Å². The van der Waals surface area contributed by atoms with Gasteiger partial charge in [0.05, 0.1) is 6.42 Å². The van der Waals surface area contributed by atoms with Crippen molar-refractivity contribution in [1.29, 1.82) is 0 Å². The van der Waals surface area contributed by atoms with Gasteiger partial charge >= 0.3 is 0 Å². The summed E-state index contributed by atoms with van der Waals surface area (Å²) in [5.41, 5.74) is 0.850. The van der Waals surface area contributed by atoms with Crippen molar-refractivity contribution in [3.63, 3.8) is 0 Å². The molecule has 0 aliphatic carbocycles. The molecule has 0 aromatic heterocycles. The lowest BCUT2D eigenvalue weighted by molar-refractivity contribution is -0.131. The Kier molecular flexibility index (Phi) is 3.89. The molecule has 0 unspecified atom stereocenters. The highest BCUT2D eigenvalue weighted by molar-refractivity contribution is 6.20. The summed E-state index contributed by atoms with van der Waals surface area (Å²) in [5, 5.41) is 9.54. The van der Waals surface area contributed by atoms with Crippen LogP contribution in [-0.4, -0.2) is 34.4 Å². The Morgan fingerprint density at radius 1 is 1.41 bits per heavy atom. The molecule has 2 rings (SSSR count). The highest BCUT2D eigenvalue weighted by Crippen LogP contribution is 2.17. The summed E-state index contributed by atoms with van der Waals surface area (Å²) in [6.45, 7) is 1.48. The van der Waals surface area contributed by atoms with E-state index in [1.807, 2.05) is 11.0 Å². The topological polar surface area (TPSA) is 40.5 Å². The van der Waals surface area contributed by atoms with Gasteiger partial charge in [0, 0.05) is 18.5 Å². The summed E-state index contributed by atoms with van der Waals surface area (Å²) in [7, 11) is 0. The van der Waals surface area contributed by atoms with Crippen LogP contribution >= 0.6 is 11.6 Å². The predicted octanol–water partition coefficient (Wildman–Crippen LogP) is 2.16. The van der Waals surface area contributed by atoms with Gasteiger partial charge in [0.25, 0.3) is 0 Å². The van der Waals surface area contributed by atoms with Crippen LogP contribution in [0, 0.1) is 0 Å². The highest BCUT2D eigenvalue weighted by atomic mass is 35.5. The maximum atomic E-state index is 12.0. The molecule has 1 saturated heterocycles. The van der Waals surface area contributed by atoms with E-state index in [9.17, 15) is 9.90 Å². The molecule has 0 saturated carbocycles. The lowest BCUT2D eigenvalue weighted by Crippen LogP contribution is -2.39. The van der Waals surface area contributed by atoms with E-state index in [2.05, 4.69) is 0 Å². The summed E-state index contributed by atoms with van der Waals surface area (Å²) in [4.78, 5) is 13.8. The summed E-state index contributed by atoms with van der Waals surface area (Å²) >= 11 is 6.00. The first-order valence-electron chi connectivity index (χ1n) is 5.85. The van der Waals surface area contributed by atoms with Crippen molar-refractivity contribution in [2.24, 2.45) is 0 Å². The molecule has 1 N–H and O–H groups in total. The van der Waals surface area contributed by atoms with E-state index >= 15 is 0 Å². The lowest BCUT2D eigenvalue weighted by Gasteiger charge is -2.29. The first kappa shape index (κ1) is 12.2. The van der Waals surface area contributed by atoms with Gasteiger partial charge in [0.1, 0.15) is 5.75 Å². The van der Waals surface area contributed by atoms with Crippen LogP contribution in [0.4, 0.5) is 0 Å². The van der Waals surface area contributed by atoms with Gasteiger partial charge in [-0.3, -0.25) is 4.79 Å². The van der Waals surface area contributed by atoms with Gasteiger partial charge in [-0.1, -0.05) is 12.1 Å². The molecule has 0 atom stereocenters. The van der Waals surface area contributed by atoms with E-state index in [1.54, 1.807) is 18.2 Å². The quantitative estimate of drug-likeness (QED) is 0.821. The number of phenols is 1. The zero-order valence-electron chi connectivity index (χ0n) is 9.60. The van der Waals surface area contributed by atoms with Crippen molar-refractivity contribution in [2.75, 3.05) is 13.1 Å². The highest BCUT2D eigenvalue weighted by Gasteiger charge is 2.21. The second kappa shape index (κ2) is 5.41. The molecule has 1 aromatic rings. The minimum atomic E-state index is 0.110. The first-order chi connectivity index (χ1) is 8.15. The minimum absolute atomic E-state index is 0.110. The van der Waals surface area contributed by atoms with Crippen LogP contribution in [0.2, 0.25) is 0 Å². The van der Waals surface area contributed by atoms with E-state index in [0.29, 0.717) is 6.42 Å². The molecule has 1 aliphatic heterocycles. The van der Waals surface area contributed by atoms with Crippen LogP contribution < -0.4 is 0 Å². The molecule has 17 heavy (non-hydrogen) atoms. The molecule has 1 aromatic carbocycles. The molecule has 0 spiro atoms. The number of carbonyl (C=O) groups excluding carboxylic acids is 1. The normalized spacial score (nSPS) is 17.1. The second-order valence-corrected chi connectivity index (χ2v) is 5.02. The standard InChI is InChI=1S/C13H16ClNO2/c14-11-4-6-15(7-5-11)13(17)9-10-2-1-3-12(16)8-10/h1-3,8,11,16H,4-7,9H2. The number of amides is 1. The third-order valence-corrected chi connectivity index (χ3v) is 3.48. The van der Waals surface area contributed by atoms with Gasteiger partial charge in [-0.2, -0.15) is 0 Å². The van der Waals surface area contributed by atoms with Gasteiger partial charge < -0.3 is 10.0 Å². The number of piperidine rings is 1. The molecule has 1 amide bonds. The lowest BCUT2D eigenvalue weighted by atomic mass is 10.1. The number of likely N-dealkylation sites (tertiary alicyclic amines) is 1. The molecule has 4 heteroatoms. The molecular weight excluding hydrogens is 238 g/mol. The summed E-state index contributed by atoms with van der Waals surface area (Å²) in [5.74, 6) is 0.314. The number of rotatable bonds is 2. The van der Waals surface area contributed by atoms with Gasteiger partial charge in [0.15, 0.2) is 0 Å². The summed E-state index contributed by atoms with van der Waals surface area (Å²) in [6.07, 6.45) is 2.09. The number of alkyl halides is 1. The molecule has 1 aliphatic rings. The summed E-state index contributed by atoms with van der Waals surface area (Å²) < 4.78 is 0. The van der Waals surface area contributed by atoms with Crippen molar-refractivity contribution in [1.82, 2.24) is 4.90 Å². The smallest absolute Gasteiger partial charge is 0.226 e. The molecule has 92 valence electrons. The number of hydrogen-bond donors (Lipinski definition) is 1. The fraction of sp³-hybridized carbons (Fsp3) is 0.462. The monoisotopic (exact) mass is 253 g/mol. The van der Waals surface area contributed by atoms with Crippen LogP contribution in [-0.2, 0) is 11.2 Å². The van der Waals surface area contributed by atoms with Crippen LogP contribution in [0.3, 0.4) is 0 Å². The molecule has 0 bridgehead atoms. The van der Waals surface area contributed by atoms with E-state index in [-0.39, 0.29) is 17.0 Å². The van der Waals surface area contributed by atoms with Crippen LogP contribution in [0.5, 0.6) is 5.75 Å². The van der Waals surface area contributed by atoms with Crippen molar-refractivity contribution in [2.45, 2.75) is 24.6 Å². The third kappa shape index (κ3) is 3.37. The Hall–Kier alpha value is -1.22. The van der Waals surface area contributed by atoms with Crippen molar-refractivity contribution < 1.29 is 9.90 Å². The maximum absolute atomic E-state index is 12.0. The fourth-order valence-electron chi connectivity index (χ4n) is 2.05. The zero-order valence-corrected chi connectivity index (χ0v) is 10.4. The van der Waals surface area contributed by atoms with Gasteiger partial charge in [-0.15, -0.1) is 11.6 Å². The number of aromatic hydroxyl groups is 1. The van der Waals surface area contributed by atoms with Crippen LogP contribution in [0.25, 0.3) is 0 Å². The molecule has 1 fully saturated rings. The largest absolute Gasteiger partial charge is 0.508 e. The van der Waals surface area contributed by atoms with E-state index in [1.165, 1.54) is 0 Å². The average molecular weight is 254 g/mol. The summed E-state index contributed by atoms with van der Waals surface area (Å²) in [6, 6.07) is 6.84. The first-order valence-corrected chi connectivity index (χ1v) is 6.28. The third-order valence-electron chi connectivity index (χ3n) is 3.04. The number of carbonyl (C=O) groups is 1. The van der Waals surface area contributed by atoms with Gasteiger partial charge in [0.2, 0.25) is 5.91 Å². The Bertz CT molecular complexity index is 400. The molecule has 0 radical (unpaired) electrons. The predicted molar refractivity (Wildman–Crippen MR) is 67.3 cm³/mol. The number of hydrogen-bond acceptors (Lipinski definition) is 2. The fourth-order valence-corrected chi connectivity index (χ4v) is 2.25. The van der Waals surface area contributed by atoms with Crippen molar-refractivity contribution in [3.8, 4) is 5.75 Å². The Morgan fingerprint density at radius 2 is 2.12 bits per heavy atom. The Morgan fingerprint density at radius 3 is 2.76 bits per heavy atom. The second-order valence-electron chi connectivity index (χ2n) is 4.40.